The van der Waals surface area contributed by atoms with Crippen molar-refractivity contribution in [2.24, 2.45) is 0 Å². The van der Waals surface area contributed by atoms with Gasteiger partial charge in [0.05, 0.1) is 5.02 Å². The van der Waals surface area contributed by atoms with Gasteiger partial charge < -0.3 is 0 Å². The number of hydrogen-bond donors (Lipinski definition) is 1. The van der Waals surface area contributed by atoms with E-state index in [-0.39, 0.29) is 16.5 Å². The Balaban J connectivity index is 1.81. The molecule has 8 heteroatoms. The number of pyridine rings is 1. The van der Waals surface area contributed by atoms with Crippen molar-refractivity contribution in [3.05, 3.63) is 69.3 Å². The van der Waals surface area contributed by atoms with Crippen molar-refractivity contribution in [3.63, 3.8) is 0 Å². The van der Waals surface area contributed by atoms with E-state index in [1.807, 2.05) is 23.6 Å². The summed E-state index contributed by atoms with van der Waals surface area (Å²) in [5.41, 5.74) is 2.36. The van der Waals surface area contributed by atoms with Crippen LogP contribution in [0.4, 0.5) is 0 Å². The molecule has 0 radical (unpaired) electrons. The maximum absolute atomic E-state index is 12.5. The number of benzene rings is 1. The molecule has 0 spiro atoms. The van der Waals surface area contributed by atoms with E-state index in [2.05, 4.69) is 9.71 Å². The molecule has 0 atom stereocenters. The second-order valence-corrected chi connectivity index (χ2v) is 8.91. The molecule has 1 aromatic carbocycles. The van der Waals surface area contributed by atoms with Crippen molar-refractivity contribution in [3.8, 4) is 10.4 Å². The van der Waals surface area contributed by atoms with Crippen LogP contribution in [0.3, 0.4) is 0 Å². The van der Waals surface area contributed by atoms with E-state index in [4.69, 9.17) is 23.2 Å². The fourth-order valence-electron chi connectivity index (χ4n) is 2.25. The summed E-state index contributed by atoms with van der Waals surface area (Å²) < 4.78 is 27.7. The number of hydrogen-bond acceptors (Lipinski definition) is 4. The van der Waals surface area contributed by atoms with Crippen LogP contribution in [-0.4, -0.2) is 13.4 Å². The summed E-state index contributed by atoms with van der Waals surface area (Å²) in [7, 11) is -3.76. The summed E-state index contributed by atoms with van der Waals surface area (Å²) in [5.74, 6) is 0. The minimum Gasteiger partial charge on any atom is -0.264 e. The average Bonchev–Trinajstić information content (AvgIpc) is 3.11. The summed E-state index contributed by atoms with van der Waals surface area (Å²) in [6.45, 7) is 1.85. The lowest BCUT2D eigenvalue weighted by atomic mass is 10.2. The molecule has 4 nitrogen and oxygen atoms in total. The van der Waals surface area contributed by atoms with Gasteiger partial charge in [0.15, 0.2) is 0 Å². The van der Waals surface area contributed by atoms with Gasteiger partial charge >= 0.3 is 0 Å². The molecule has 0 amide bonds. The van der Waals surface area contributed by atoms with Gasteiger partial charge in [0.1, 0.15) is 4.90 Å². The predicted octanol–water partition coefficient (Wildman–Crippen LogP) is 4.90. The fraction of sp³-hybridized carbons (Fsp3) is 0.118. The quantitative estimate of drug-likeness (QED) is 0.647. The minimum absolute atomic E-state index is 0.0124. The molecule has 2 heterocycles. The molecule has 0 aliphatic heterocycles. The molecule has 3 aromatic rings. The third-order valence-corrected chi connectivity index (χ3v) is 6.76. The first-order chi connectivity index (χ1) is 11.9. The van der Waals surface area contributed by atoms with Crippen molar-refractivity contribution in [1.29, 1.82) is 0 Å². The third kappa shape index (κ3) is 4.22. The Bertz CT molecular complexity index is 1000. The number of rotatable bonds is 5. The molecule has 25 heavy (non-hydrogen) atoms. The van der Waals surface area contributed by atoms with Crippen molar-refractivity contribution in [2.75, 3.05) is 0 Å². The molecule has 3 rings (SSSR count). The van der Waals surface area contributed by atoms with Gasteiger partial charge in [-0.25, -0.2) is 13.1 Å². The Kier molecular flexibility index (Phi) is 5.46. The number of halogens is 2. The Morgan fingerprint density at radius 3 is 2.68 bits per heavy atom. The second-order valence-electron chi connectivity index (χ2n) is 5.42. The molecule has 0 saturated carbocycles. The highest BCUT2D eigenvalue weighted by Crippen LogP contribution is 2.28. The average molecular weight is 413 g/mol. The van der Waals surface area contributed by atoms with Crippen molar-refractivity contribution < 1.29 is 8.42 Å². The van der Waals surface area contributed by atoms with E-state index >= 15 is 0 Å². The summed E-state index contributed by atoms with van der Waals surface area (Å²) in [6.07, 6.45) is 3.39. The first-order valence-electron chi connectivity index (χ1n) is 7.30. The van der Waals surface area contributed by atoms with Crippen LogP contribution in [0, 0.1) is 6.92 Å². The SMILES string of the molecule is Cc1cc(S(=O)(=O)NCc2cncc(-c3cccs3)c2)c(Cl)cc1Cl. The van der Waals surface area contributed by atoms with Crippen LogP contribution in [0.1, 0.15) is 11.1 Å². The van der Waals surface area contributed by atoms with E-state index < -0.39 is 10.0 Å². The number of aromatic nitrogens is 1. The first-order valence-corrected chi connectivity index (χ1v) is 10.4. The van der Waals surface area contributed by atoms with Crippen LogP contribution in [0.2, 0.25) is 10.0 Å². The molecular weight excluding hydrogens is 399 g/mol. The number of thiophene rings is 1. The fourth-order valence-corrected chi connectivity index (χ4v) is 4.81. The van der Waals surface area contributed by atoms with Gasteiger partial charge in [0.25, 0.3) is 0 Å². The lowest BCUT2D eigenvalue weighted by Gasteiger charge is -2.10. The molecule has 130 valence electrons. The summed E-state index contributed by atoms with van der Waals surface area (Å²) in [4.78, 5) is 5.28. The molecule has 0 aliphatic rings. The van der Waals surface area contributed by atoms with Gasteiger partial charge in [-0.05, 0) is 47.7 Å². The maximum atomic E-state index is 12.5. The van der Waals surface area contributed by atoms with Crippen LogP contribution in [0.15, 0.2) is 53.0 Å². The van der Waals surface area contributed by atoms with Crippen LogP contribution in [0.25, 0.3) is 10.4 Å². The summed E-state index contributed by atoms with van der Waals surface area (Å²) in [6, 6.07) is 8.77. The smallest absolute Gasteiger partial charge is 0.242 e. The van der Waals surface area contributed by atoms with E-state index in [0.717, 1.165) is 16.0 Å². The lowest BCUT2D eigenvalue weighted by Crippen LogP contribution is -2.23. The molecule has 0 unspecified atom stereocenters. The Labute approximate surface area is 160 Å². The Hall–Kier alpha value is -1.44. The molecule has 1 N–H and O–H groups in total. The Morgan fingerprint density at radius 2 is 1.96 bits per heavy atom. The van der Waals surface area contributed by atoms with Crippen LogP contribution in [-0.2, 0) is 16.6 Å². The van der Waals surface area contributed by atoms with Gasteiger partial charge in [-0.15, -0.1) is 11.3 Å². The molecule has 2 aromatic heterocycles. The van der Waals surface area contributed by atoms with Gasteiger partial charge in [-0.3, -0.25) is 4.98 Å². The topological polar surface area (TPSA) is 59.1 Å². The monoisotopic (exact) mass is 412 g/mol. The zero-order chi connectivity index (χ0) is 18.0. The normalized spacial score (nSPS) is 11.6. The number of nitrogens with one attached hydrogen (secondary N) is 1. The van der Waals surface area contributed by atoms with Crippen molar-refractivity contribution in [2.45, 2.75) is 18.4 Å². The molecular formula is C17H14Cl2N2O2S2. The second kappa shape index (κ2) is 7.43. The zero-order valence-corrected chi connectivity index (χ0v) is 16.3. The summed E-state index contributed by atoms with van der Waals surface area (Å²) >= 11 is 13.6. The van der Waals surface area contributed by atoms with E-state index in [1.54, 1.807) is 30.7 Å². The van der Waals surface area contributed by atoms with E-state index in [1.165, 1.54) is 12.1 Å². The first kappa shape index (κ1) is 18.4. The zero-order valence-electron chi connectivity index (χ0n) is 13.2. The number of nitrogens with zero attached hydrogens (tertiary/aromatic N) is 1. The highest BCUT2D eigenvalue weighted by molar-refractivity contribution is 7.89. The lowest BCUT2D eigenvalue weighted by molar-refractivity contribution is 0.581. The van der Waals surface area contributed by atoms with Crippen LogP contribution in [0.5, 0.6) is 0 Å². The Morgan fingerprint density at radius 1 is 1.16 bits per heavy atom. The van der Waals surface area contributed by atoms with Crippen molar-refractivity contribution >= 4 is 44.6 Å². The number of aryl methyl sites for hydroxylation is 1. The standard InChI is InChI=1S/C17H14Cl2N2O2S2/c1-11-5-17(15(19)7-14(11)18)25(22,23)21-9-12-6-13(10-20-8-12)16-3-2-4-24-16/h2-8,10,21H,9H2,1H3. The molecule has 0 aliphatic carbocycles. The minimum atomic E-state index is -3.76. The summed E-state index contributed by atoms with van der Waals surface area (Å²) in [5, 5.41) is 2.50. The largest absolute Gasteiger partial charge is 0.264 e. The van der Waals surface area contributed by atoms with Crippen LogP contribution < -0.4 is 4.72 Å². The van der Waals surface area contributed by atoms with E-state index in [9.17, 15) is 8.42 Å². The molecule has 0 bridgehead atoms. The highest BCUT2D eigenvalue weighted by Gasteiger charge is 2.19. The molecule has 0 fully saturated rings. The maximum Gasteiger partial charge on any atom is 0.242 e. The highest BCUT2D eigenvalue weighted by atomic mass is 35.5. The van der Waals surface area contributed by atoms with Gasteiger partial charge in [0.2, 0.25) is 10.0 Å². The molecule has 0 saturated heterocycles. The number of sulfonamides is 1. The van der Waals surface area contributed by atoms with Gasteiger partial charge in [-0.1, -0.05) is 29.3 Å². The van der Waals surface area contributed by atoms with Crippen molar-refractivity contribution in [1.82, 2.24) is 9.71 Å². The predicted molar refractivity (Wildman–Crippen MR) is 103 cm³/mol. The van der Waals surface area contributed by atoms with Crippen LogP contribution >= 0.6 is 34.5 Å². The van der Waals surface area contributed by atoms with Gasteiger partial charge in [-0.2, -0.15) is 0 Å². The third-order valence-electron chi connectivity index (χ3n) is 3.57. The van der Waals surface area contributed by atoms with E-state index in [0.29, 0.717) is 10.6 Å². The van der Waals surface area contributed by atoms with Gasteiger partial charge in [0, 0.05) is 34.4 Å².